The number of nitrogens with one attached hydrogen (secondary N) is 3. The average molecular weight is 349 g/mol. The molecule has 0 unspecified atom stereocenters. The molecule has 4 rings (SSSR count). The molecule has 1 fully saturated rings. The van der Waals surface area contributed by atoms with Crippen molar-refractivity contribution in [1.29, 1.82) is 0 Å². The fourth-order valence-corrected chi connectivity index (χ4v) is 3.65. The molecular weight excluding hydrogens is 322 g/mol. The van der Waals surface area contributed by atoms with Gasteiger partial charge in [0.25, 0.3) is 0 Å². The number of pyridine rings is 1. The number of rotatable bonds is 1. The zero-order valence-corrected chi connectivity index (χ0v) is 15.2. The third-order valence-electron chi connectivity index (χ3n) is 4.95. The van der Waals surface area contributed by atoms with E-state index in [1.165, 1.54) is 16.5 Å². The number of aromatic nitrogens is 1. The Kier molecular flexibility index (Phi) is 5.59. The van der Waals surface area contributed by atoms with Crippen molar-refractivity contribution < 1.29 is 0 Å². The summed E-state index contributed by atoms with van der Waals surface area (Å²) in [4.78, 5) is 7.39. The average Bonchev–Trinajstić information content (AvgIpc) is 2.67. The zero-order valence-electron chi connectivity index (χ0n) is 15.2. The molecule has 2 heterocycles. The molecule has 0 bridgehead atoms. The lowest BCUT2D eigenvalue weighted by atomic mass is 10.1. The Labute approximate surface area is 154 Å². The van der Waals surface area contributed by atoms with Crippen LogP contribution in [0.15, 0.2) is 48.5 Å². The second-order valence-corrected chi connectivity index (χ2v) is 6.73. The van der Waals surface area contributed by atoms with Gasteiger partial charge in [0.15, 0.2) is 0 Å². The van der Waals surface area contributed by atoms with E-state index in [2.05, 4.69) is 69.4 Å². The molecule has 5 heteroatoms. The quantitative estimate of drug-likeness (QED) is 0.587. The highest BCUT2D eigenvalue weighted by Crippen LogP contribution is 2.33. The van der Waals surface area contributed by atoms with Gasteiger partial charge >= 0.3 is 0 Å². The Morgan fingerprint density at radius 3 is 1.62 bits per heavy atom. The topological polar surface area (TPSA) is 52.2 Å². The summed E-state index contributed by atoms with van der Waals surface area (Å²) in [5.74, 6) is 0. The van der Waals surface area contributed by atoms with Gasteiger partial charge < -0.3 is 20.9 Å². The Morgan fingerprint density at radius 2 is 1.08 bits per heavy atom. The minimum absolute atomic E-state index is 0.979. The van der Waals surface area contributed by atoms with Crippen LogP contribution in [0.4, 0.5) is 5.69 Å². The third kappa shape index (κ3) is 3.80. The number of para-hydroxylation sites is 2. The molecule has 0 spiro atoms. The summed E-state index contributed by atoms with van der Waals surface area (Å²) in [6, 6.07) is 17.0. The van der Waals surface area contributed by atoms with Crippen LogP contribution in [0.5, 0.6) is 0 Å². The van der Waals surface area contributed by atoms with Crippen LogP contribution in [0.1, 0.15) is 0 Å². The molecule has 0 aliphatic carbocycles. The van der Waals surface area contributed by atoms with Crippen molar-refractivity contribution in [3.8, 4) is 0 Å². The summed E-state index contributed by atoms with van der Waals surface area (Å²) in [6.07, 6.45) is 0. The number of fused-ring (bicyclic) bond motifs is 2. The highest BCUT2D eigenvalue weighted by molar-refractivity contribution is 6.07. The van der Waals surface area contributed by atoms with Gasteiger partial charge in [0, 0.05) is 63.1 Å². The lowest BCUT2D eigenvalue weighted by Gasteiger charge is -2.28. The van der Waals surface area contributed by atoms with Gasteiger partial charge in [-0.15, -0.1) is 0 Å². The Balaban J connectivity index is 1.75. The third-order valence-corrected chi connectivity index (χ3v) is 4.95. The summed E-state index contributed by atoms with van der Waals surface area (Å²) in [7, 11) is 0. The molecule has 0 amide bonds. The molecular formula is C21H27N5. The van der Waals surface area contributed by atoms with Gasteiger partial charge in [-0.1, -0.05) is 36.4 Å². The van der Waals surface area contributed by atoms with E-state index in [1.807, 2.05) is 0 Å². The van der Waals surface area contributed by atoms with Gasteiger partial charge in [-0.25, -0.2) is 4.98 Å². The van der Waals surface area contributed by atoms with Gasteiger partial charge in [-0.2, -0.15) is 0 Å². The minimum Gasteiger partial charge on any atom is -0.368 e. The predicted octanol–water partition coefficient (Wildman–Crippen LogP) is 1.98. The molecule has 1 aromatic heterocycles. The van der Waals surface area contributed by atoms with Crippen LogP contribution in [0.3, 0.4) is 0 Å². The SMILES string of the molecule is c1ccc2c(N3CCNCCNCCNCC3)c3ccccc3nc2c1. The molecule has 1 saturated heterocycles. The fraction of sp³-hybridized carbons (Fsp3) is 0.381. The highest BCUT2D eigenvalue weighted by atomic mass is 15.2. The molecule has 0 radical (unpaired) electrons. The molecule has 136 valence electrons. The molecule has 2 aromatic carbocycles. The van der Waals surface area contributed by atoms with Gasteiger partial charge in [-0.05, 0) is 12.1 Å². The summed E-state index contributed by atoms with van der Waals surface area (Å²) >= 11 is 0. The Bertz CT molecular complexity index is 797. The first-order valence-corrected chi connectivity index (χ1v) is 9.58. The van der Waals surface area contributed by atoms with E-state index in [-0.39, 0.29) is 0 Å². The molecule has 26 heavy (non-hydrogen) atoms. The van der Waals surface area contributed by atoms with Gasteiger partial charge in [0.2, 0.25) is 0 Å². The molecule has 5 nitrogen and oxygen atoms in total. The van der Waals surface area contributed by atoms with Crippen LogP contribution in [-0.2, 0) is 0 Å². The first-order chi connectivity index (χ1) is 12.9. The van der Waals surface area contributed by atoms with Crippen LogP contribution < -0.4 is 20.9 Å². The minimum atomic E-state index is 0.979. The predicted molar refractivity (Wildman–Crippen MR) is 110 cm³/mol. The largest absolute Gasteiger partial charge is 0.368 e. The van der Waals surface area contributed by atoms with E-state index in [0.717, 1.165) is 63.4 Å². The summed E-state index contributed by atoms with van der Waals surface area (Å²) in [5, 5.41) is 13.0. The maximum atomic E-state index is 4.87. The smallest absolute Gasteiger partial charge is 0.0730 e. The van der Waals surface area contributed by atoms with E-state index >= 15 is 0 Å². The normalized spacial score (nSPS) is 17.8. The number of benzene rings is 2. The number of anilines is 1. The highest BCUT2D eigenvalue weighted by Gasteiger charge is 2.15. The maximum absolute atomic E-state index is 4.87. The monoisotopic (exact) mass is 349 g/mol. The van der Waals surface area contributed by atoms with E-state index in [0.29, 0.717) is 0 Å². The Hall–Kier alpha value is -2.21. The van der Waals surface area contributed by atoms with E-state index < -0.39 is 0 Å². The molecule has 1 aliphatic heterocycles. The van der Waals surface area contributed by atoms with E-state index in [4.69, 9.17) is 4.98 Å². The van der Waals surface area contributed by atoms with E-state index in [1.54, 1.807) is 0 Å². The fourth-order valence-electron chi connectivity index (χ4n) is 3.65. The van der Waals surface area contributed by atoms with Crippen LogP contribution >= 0.6 is 0 Å². The lowest BCUT2D eigenvalue weighted by molar-refractivity contribution is 0.558. The zero-order chi connectivity index (χ0) is 17.6. The number of hydrogen-bond donors (Lipinski definition) is 3. The molecule has 0 saturated carbocycles. The molecule has 3 N–H and O–H groups in total. The molecule has 3 aromatic rings. The van der Waals surface area contributed by atoms with Crippen molar-refractivity contribution in [3.63, 3.8) is 0 Å². The lowest BCUT2D eigenvalue weighted by Crippen LogP contribution is -2.42. The number of nitrogens with zero attached hydrogens (tertiary/aromatic N) is 2. The van der Waals surface area contributed by atoms with Gasteiger partial charge in [-0.3, -0.25) is 0 Å². The summed E-state index contributed by atoms with van der Waals surface area (Å²) in [6.45, 7) is 7.97. The standard InChI is InChI=1S/C21H27N5/c1-3-7-19-17(5-1)21(18-6-2-4-8-20(18)25-19)26-15-13-23-11-9-22-10-12-24-14-16-26/h1-8,22-24H,9-16H2. The molecule has 0 atom stereocenters. The van der Waals surface area contributed by atoms with Crippen LogP contribution in [0.25, 0.3) is 21.8 Å². The van der Waals surface area contributed by atoms with Gasteiger partial charge in [0.05, 0.1) is 16.7 Å². The van der Waals surface area contributed by atoms with Crippen molar-refractivity contribution >= 4 is 27.5 Å². The second kappa shape index (κ2) is 8.45. The van der Waals surface area contributed by atoms with Gasteiger partial charge in [0.1, 0.15) is 0 Å². The Morgan fingerprint density at radius 1 is 0.615 bits per heavy atom. The van der Waals surface area contributed by atoms with E-state index in [9.17, 15) is 0 Å². The van der Waals surface area contributed by atoms with Crippen LogP contribution in [-0.4, -0.2) is 57.3 Å². The van der Waals surface area contributed by atoms with Crippen molar-refractivity contribution in [1.82, 2.24) is 20.9 Å². The second-order valence-electron chi connectivity index (χ2n) is 6.73. The molecule has 1 aliphatic rings. The first-order valence-electron chi connectivity index (χ1n) is 9.58. The first kappa shape index (κ1) is 17.2. The summed E-state index contributed by atoms with van der Waals surface area (Å²) in [5.41, 5.74) is 3.44. The van der Waals surface area contributed by atoms with Crippen molar-refractivity contribution in [2.24, 2.45) is 0 Å². The maximum Gasteiger partial charge on any atom is 0.0730 e. The van der Waals surface area contributed by atoms with Crippen molar-refractivity contribution in [2.75, 3.05) is 57.3 Å². The summed E-state index contributed by atoms with van der Waals surface area (Å²) < 4.78 is 0. The number of hydrogen-bond acceptors (Lipinski definition) is 5. The van der Waals surface area contributed by atoms with Crippen molar-refractivity contribution in [2.45, 2.75) is 0 Å². The van der Waals surface area contributed by atoms with Crippen molar-refractivity contribution in [3.05, 3.63) is 48.5 Å². The van der Waals surface area contributed by atoms with Crippen LogP contribution in [0, 0.1) is 0 Å². The van der Waals surface area contributed by atoms with Crippen LogP contribution in [0.2, 0.25) is 0 Å².